The van der Waals surface area contributed by atoms with Crippen LogP contribution in [0.1, 0.15) is 23.6 Å². The van der Waals surface area contributed by atoms with Gasteiger partial charge in [0.2, 0.25) is 0 Å². The molecule has 0 saturated heterocycles. The fourth-order valence-electron chi connectivity index (χ4n) is 3.05. The molecule has 0 radical (unpaired) electrons. The molecule has 3 aromatic rings. The van der Waals surface area contributed by atoms with Gasteiger partial charge >= 0.3 is 0 Å². The van der Waals surface area contributed by atoms with Crippen LogP contribution in [0.5, 0.6) is 0 Å². The SMILES string of the molecule is Nc1ccc2c(c1)CCC2Nc1ccc2sccc2c1. The molecule has 1 heterocycles. The Balaban J connectivity index is 1.64. The van der Waals surface area contributed by atoms with Gasteiger partial charge in [0.1, 0.15) is 0 Å². The fourth-order valence-corrected chi connectivity index (χ4v) is 3.82. The number of thiophene rings is 1. The number of hydrogen-bond donors (Lipinski definition) is 2. The predicted octanol–water partition coefficient (Wildman–Crippen LogP) is 4.58. The van der Waals surface area contributed by atoms with Crippen molar-refractivity contribution in [1.82, 2.24) is 0 Å². The van der Waals surface area contributed by atoms with Gasteiger partial charge in [-0.3, -0.25) is 0 Å². The lowest BCUT2D eigenvalue weighted by Gasteiger charge is -2.16. The zero-order chi connectivity index (χ0) is 13.5. The molecule has 0 aliphatic heterocycles. The van der Waals surface area contributed by atoms with Crippen molar-refractivity contribution >= 4 is 32.8 Å². The average Bonchev–Trinajstić information content (AvgIpc) is 3.05. The van der Waals surface area contributed by atoms with E-state index >= 15 is 0 Å². The van der Waals surface area contributed by atoms with Gasteiger partial charge in [-0.1, -0.05) is 6.07 Å². The van der Waals surface area contributed by atoms with Gasteiger partial charge in [0, 0.05) is 16.1 Å². The van der Waals surface area contributed by atoms with Gasteiger partial charge < -0.3 is 11.1 Å². The normalized spacial score (nSPS) is 17.3. The van der Waals surface area contributed by atoms with Crippen LogP contribution in [-0.4, -0.2) is 0 Å². The fraction of sp³-hybridized carbons (Fsp3) is 0.176. The lowest BCUT2D eigenvalue weighted by molar-refractivity contribution is 0.762. The quantitative estimate of drug-likeness (QED) is 0.674. The van der Waals surface area contributed by atoms with E-state index in [0.717, 1.165) is 18.5 Å². The van der Waals surface area contributed by atoms with E-state index in [0.29, 0.717) is 6.04 Å². The zero-order valence-electron chi connectivity index (χ0n) is 11.1. The number of fused-ring (bicyclic) bond motifs is 2. The van der Waals surface area contributed by atoms with Crippen LogP contribution in [0, 0.1) is 0 Å². The standard InChI is InChI=1S/C17H16N2S/c18-13-2-4-15-11(9-13)1-5-16(15)19-14-3-6-17-12(10-14)7-8-20-17/h2-4,6-10,16,19H,1,5,18H2. The van der Waals surface area contributed by atoms with E-state index in [4.69, 9.17) is 5.73 Å². The van der Waals surface area contributed by atoms with Crippen molar-refractivity contribution in [1.29, 1.82) is 0 Å². The van der Waals surface area contributed by atoms with E-state index in [2.05, 4.69) is 47.1 Å². The van der Waals surface area contributed by atoms with Crippen LogP contribution < -0.4 is 11.1 Å². The molecule has 1 aromatic heterocycles. The molecule has 3 N–H and O–H groups in total. The van der Waals surface area contributed by atoms with Gasteiger partial charge in [0.05, 0.1) is 6.04 Å². The highest BCUT2D eigenvalue weighted by Crippen LogP contribution is 2.35. The van der Waals surface area contributed by atoms with Crippen LogP contribution in [-0.2, 0) is 6.42 Å². The second kappa shape index (κ2) is 4.53. The van der Waals surface area contributed by atoms with Crippen molar-refractivity contribution in [2.24, 2.45) is 0 Å². The summed E-state index contributed by atoms with van der Waals surface area (Å²) < 4.78 is 1.34. The molecule has 1 aliphatic carbocycles. The minimum atomic E-state index is 0.404. The van der Waals surface area contributed by atoms with Crippen molar-refractivity contribution in [3.63, 3.8) is 0 Å². The maximum atomic E-state index is 5.86. The van der Waals surface area contributed by atoms with Gasteiger partial charge in [-0.2, -0.15) is 0 Å². The number of nitrogens with one attached hydrogen (secondary N) is 1. The summed E-state index contributed by atoms with van der Waals surface area (Å²) in [5.41, 5.74) is 10.7. The summed E-state index contributed by atoms with van der Waals surface area (Å²) >= 11 is 1.79. The second-order valence-electron chi connectivity index (χ2n) is 5.37. The Hall–Kier alpha value is -2.00. The summed E-state index contributed by atoms with van der Waals surface area (Å²) in [7, 11) is 0. The maximum absolute atomic E-state index is 5.86. The zero-order valence-corrected chi connectivity index (χ0v) is 11.9. The van der Waals surface area contributed by atoms with Crippen LogP contribution in [0.25, 0.3) is 10.1 Å². The first-order chi connectivity index (χ1) is 9.79. The Labute approximate surface area is 122 Å². The largest absolute Gasteiger partial charge is 0.399 e. The summed E-state index contributed by atoms with van der Waals surface area (Å²) in [4.78, 5) is 0. The lowest BCUT2D eigenvalue weighted by Crippen LogP contribution is -2.06. The number of nitrogen functional groups attached to an aromatic ring is 1. The first kappa shape index (κ1) is 11.8. The van der Waals surface area contributed by atoms with E-state index < -0.39 is 0 Å². The molecule has 0 saturated carbocycles. The Kier molecular flexibility index (Phi) is 2.67. The molecule has 0 amide bonds. The van der Waals surface area contributed by atoms with E-state index in [1.54, 1.807) is 11.3 Å². The molecular formula is C17H16N2S. The molecule has 0 bridgehead atoms. The van der Waals surface area contributed by atoms with E-state index in [9.17, 15) is 0 Å². The molecule has 4 rings (SSSR count). The van der Waals surface area contributed by atoms with Crippen molar-refractivity contribution in [2.45, 2.75) is 18.9 Å². The van der Waals surface area contributed by atoms with Gasteiger partial charge in [0.25, 0.3) is 0 Å². The number of anilines is 2. The molecule has 100 valence electrons. The van der Waals surface area contributed by atoms with E-state index in [1.165, 1.54) is 26.9 Å². The third kappa shape index (κ3) is 1.95. The molecule has 3 heteroatoms. The van der Waals surface area contributed by atoms with E-state index in [-0.39, 0.29) is 0 Å². The summed E-state index contributed by atoms with van der Waals surface area (Å²) in [6, 6.07) is 15.5. The highest BCUT2D eigenvalue weighted by Gasteiger charge is 2.22. The van der Waals surface area contributed by atoms with Gasteiger partial charge in [0.15, 0.2) is 0 Å². The molecule has 0 fully saturated rings. The number of rotatable bonds is 2. The third-order valence-corrected chi connectivity index (χ3v) is 4.94. The topological polar surface area (TPSA) is 38.0 Å². The lowest BCUT2D eigenvalue weighted by atomic mass is 10.1. The minimum absolute atomic E-state index is 0.404. The van der Waals surface area contributed by atoms with Crippen molar-refractivity contribution < 1.29 is 0 Å². The summed E-state index contributed by atoms with van der Waals surface area (Å²) in [6.07, 6.45) is 2.25. The summed E-state index contributed by atoms with van der Waals surface area (Å²) in [5, 5.41) is 7.12. The Morgan fingerprint density at radius 2 is 2.05 bits per heavy atom. The van der Waals surface area contributed by atoms with Crippen molar-refractivity contribution in [2.75, 3.05) is 11.1 Å². The summed E-state index contributed by atoms with van der Waals surface area (Å²) in [5.74, 6) is 0. The predicted molar refractivity (Wildman–Crippen MR) is 87.4 cm³/mol. The summed E-state index contributed by atoms with van der Waals surface area (Å²) in [6.45, 7) is 0. The highest BCUT2D eigenvalue weighted by atomic mass is 32.1. The number of aryl methyl sites for hydroxylation is 1. The molecule has 20 heavy (non-hydrogen) atoms. The Morgan fingerprint density at radius 1 is 1.10 bits per heavy atom. The smallest absolute Gasteiger partial charge is 0.0519 e. The van der Waals surface area contributed by atoms with Gasteiger partial charge in [-0.15, -0.1) is 11.3 Å². The molecule has 1 atom stereocenters. The first-order valence-electron chi connectivity index (χ1n) is 6.92. The van der Waals surface area contributed by atoms with Gasteiger partial charge in [-0.05, 0) is 71.1 Å². The first-order valence-corrected chi connectivity index (χ1v) is 7.80. The molecule has 2 nitrogen and oxygen atoms in total. The second-order valence-corrected chi connectivity index (χ2v) is 6.31. The Morgan fingerprint density at radius 3 is 3.00 bits per heavy atom. The average molecular weight is 280 g/mol. The third-order valence-electron chi connectivity index (χ3n) is 4.04. The molecule has 2 aromatic carbocycles. The maximum Gasteiger partial charge on any atom is 0.0519 e. The van der Waals surface area contributed by atoms with E-state index in [1.807, 2.05) is 6.07 Å². The molecular weight excluding hydrogens is 264 g/mol. The Bertz CT molecular complexity index is 776. The number of benzene rings is 2. The van der Waals surface area contributed by atoms with Crippen LogP contribution in [0.2, 0.25) is 0 Å². The molecule has 1 aliphatic rings. The monoisotopic (exact) mass is 280 g/mol. The molecule has 0 spiro atoms. The minimum Gasteiger partial charge on any atom is -0.399 e. The van der Waals surface area contributed by atoms with Gasteiger partial charge in [-0.25, -0.2) is 0 Å². The van der Waals surface area contributed by atoms with Crippen molar-refractivity contribution in [3.05, 3.63) is 59.0 Å². The number of nitrogens with two attached hydrogens (primary N) is 1. The molecule has 1 unspecified atom stereocenters. The van der Waals surface area contributed by atoms with Crippen LogP contribution in [0.3, 0.4) is 0 Å². The van der Waals surface area contributed by atoms with Crippen molar-refractivity contribution in [3.8, 4) is 0 Å². The van der Waals surface area contributed by atoms with Crippen LogP contribution in [0.15, 0.2) is 47.8 Å². The van der Waals surface area contributed by atoms with Crippen LogP contribution in [0.4, 0.5) is 11.4 Å². The number of hydrogen-bond acceptors (Lipinski definition) is 3. The highest BCUT2D eigenvalue weighted by molar-refractivity contribution is 7.17. The van der Waals surface area contributed by atoms with Crippen LogP contribution >= 0.6 is 11.3 Å².